The van der Waals surface area contributed by atoms with Crippen LogP contribution in [0.5, 0.6) is 0 Å². The molecule has 1 aromatic heterocycles. The second kappa shape index (κ2) is 3.91. The molecule has 17 heavy (non-hydrogen) atoms. The quantitative estimate of drug-likeness (QED) is 0.863. The number of aliphatic carboxylic acids is 1. The minimum absolute atomic E-state index is 0.0273. The lowest BCUT2D eigenvalue weighted by Crippen LogP contribution is -2.09. The molecule has 0 spiro atoms. The fourth-order valence-corrected chi connectivity index (χ4v) is 1.94. The number of carboxylic acid groups (broad SMARTS) is 1. The lowest BCUT2D eigenvalue weighted by atomic mass is 9.87. The normalized spacial score (nSPS) is 11.9. The third kappa shape index (κ3) is 2.33. The molecular formula is C14H16O3. The number of carbonyl (C=O) groups is 1. The third-order valence-corrected chi connectivity index (χ3v) is 2.80. The van der Waals surface area contributed by atoms with Gasteiger partial charge in [-0.2, -0.15) is 0 Å². The van der Waals surface area contributed by atoms with Gasteiger partial charge in [-0.1, -0.05) is 32.9 Å². The molecule has 2 aromatic rings. The number of benzene rings is 1. The highest BCUT2D eigenvalue weighted by molar-refractivity contribution is 5.83. The molecule has 0 aliphatic carbocycles. The monoisotopic (exact) mass is 232 g/mol. The van der Waals surface area contributed by atoms with E-state index in [2.05, 4.69) is 20.8 Å². The van der Waals surface area contributed by atoms with Crippen LogP contribution in [-0.2, 0) is 16.6 Å². The van der Waals surface area contributed by atoms with Crippen LogP contribution in [0.3, 0.4) is 0 Å². The molecule has 0 saturated heterocycles. The number of furan rings is 1. The first-order valence-electron chi connectivity index (χ1n) is 5.60. The zero-order valence-corrected chi connectivity index (χ0v) is 10.3. The van der Waals surface area contributed by atoms with Crippen LogP contribution in [0.25, 0.3) is 11.0 Å². The van der Waals surface area contributed by atoms with E-state index < -0.39 is 5.97 Å². The second-order valence-electron chi connectivity index (χ2n) is 5.30. The van der Waals surface area contributed by atoms with Crippen LogP contribution in [-0.4, -0.2) is 11.1 Å². The van der Waals surface area contributed by atoms with Crippen molar-refractivity contribution >= 4 is 16.9 Å². The van der Waals surface area contributed by atoms with Gasteiger partial charge in [0.05, 0.1) is 12.7 Å². The Bertz CT molecular complexity index is 558. The molecule has 0 bridgehead atoms. The van der Waals surface area contributed by atoms with Crippen LogP contribution in [0.1, 0.15) is 31.9 Å². The van der Waals surface area contributed by atoms with Crippen molar-refractivity contribution in [3.05, 3.63) is 35.6 Å². The molecule has 1 N–H and O–H groups in total. The average Bonchev–Trinajstić information content (AvgIpc) is 2.58. The Morgan fingerprint density at radius 2 is 2.06 bits per heavy atom. The van der Waals surface area contributed by atoms with Gasteiger partial charge in [-0.15, -0.1) is 0 Å². The van der Waals surface area contributed by atoms with Gasteiger partial charge >= 0.3 is 5.97 Å². The molecule has 0 aliphatic rings. The van der Waals surface area contributed by atoms with E-state index >= 15 is 0 Å². The SMILES string of the molecule is CC(C)(C)c1coc2cc(CC(=O)O)ccc12. The standard InChI is InChI=1S/C14H16O3/c1-14(2,3)11-8-17-12-6-9(7-13(15)16)4-5-10(11)12/h4-6,8H,7H2,1-3H3,(H,15,16). The van der Waals surface area contributed by atoms with Crippen molar-refractivity contribution in [1.29, 1.82) is 0 Å². The lowest BCUT2D eigenvalue weighted by molar-refractivity contribution is -0.136. The van der Waals surface area contributed by atoms with Crippen molar-refractivity contribution in [3.8, 4) is 0 Å². The molecule has 2 rings (SSSR count). The summed E-state index contributed by atoms with van der Waals surface area (Å²) >= 11 is 0. The van der Waals surface area contributed by atoms with Gasteiger partial charge in [-0.3, -0.25) is 4.79 Å². The van der Waals surface area contributed by atoms with Crippen LogP contribution in [0.4, 0.5) is 0 Å². The third-order valence-electron chi connectivity index (χ3n) is 2.80. The van der Waals surface area contributed by atoms with Gasteiger partial charge in [0.15, 0.2) is 0 Å². The molecule has 0 unspecified atom stereocenters. The highest BCUT2D eigenvalue weighted by atomic mass is 16.4. The van der Waals surface area contributed by atoms with Gasteiger partial charge in [0.25, 0.3) is 0 Å². The molecule has 0 atom stereocenters. The molecule has 0 saturated carbocycles. The summed E-state index contributed by atoms with van der Waals surface area (Å²) in [6.07, 6.45) is 1.79. The fourth-order valence-electron chi connectivity index (χ4n) is 1.94. The van der Waals surface area contributed by atoms with E-state index in [1.165, 1.54) is 0 Å². The van der Waals surface area contributed by atoms with Crippen molar-refractivity contribution in [3.63, 3.8) is 0 Å². The number of hydrogen-bond acceptors (Lipinski definition) is 2. The highest BCUT2D eigenvalue weighted by Gasteiger charge is 2.19. The summed E-state index contributed by atoms with van der Waals surface area (Å²) in [7, 11) is 0. The van der Waals surface area contributed by atoms with E-state index in [0.29, 0.717) is 0 Å². The Labute approximate surface area is 100 Å². The first-order valence-corrected chi connectivity index (χ1v) is 5.60. The summed E-state index contributed by atoms with van der Waals surface area (Å²) in [5.74, 6) is -0.827. The first-order chi connectivity index (χ1) is 7.88. The second-order valence-corrected chi connectivity index (χ2v) is 5.30. The Hall–Kier alpha value is -1.77. The molecule has 90 valence electrons. The van der Waals surface area contributed by atoms with Crippen molar-refractivity contribution in [2.45, 2.75) is 32.6 Å². The summed E-state index contributed by atoms with van der Waals surface area (Å²) in [4.78, 5) is 10.6. The summed E-state index contributed by atoms with van der Waals surface area (Å²) in [6.45, 7) is 6.38. The summed E-state index contributed by atoms with van der Waals surface area (Å²) in [5.41, 5.74) is 2.70. The predicted octanol–water partition coefficient (Wildman–Crippen LogP) is 3.36. The maximum Gasteiger partial charge on any atom is 0.307 e. The minimum atomic E-state index is -0.827. The van der Waals surface area contributed by atoms with E-state index in [4.69, 9.17) is 9.52 Å². The van der Waals surface area contributed by atoms with Crippen LogP contribution < -0.4 is 0 Å². The topological polar surface area (TPSA) is 50.4 Å². The highest BCUT2D eigenvalue weighted by Crippen LogP contribution is 2.32. The molecule has 0 radical (unpaired) electrons. The summed E-state index contributed by atoms with van der Waals surface area (Å²) in [5, 5.41) is 9.80. The van der Waals surface area contributed by atoms with Gasteiger partial charge in [-0.05, 0) is 17.0 Å². The van der Waals surface area contributed by atoms with Gasteiger partial charge in [-0.25, -0.2) is 0 Å². The first kappa shape index (κ1) is 11.7. The largest absolute Gasteiger partial charge is 0.481 e. The van der Waals surface area contributed by atoms with Crippen molar-refractivity contribution in [1.82, 2.24) is 0 Å². The number of carboxylic acids is 1. The van der Waals surface area contributed by atoms with Gasteiger partial charge in [0, 0.05) is 10.9 Å². The van der Waals surface area contributed by atoms with Crippen LogP contribution in [0.15, 0.2) is 28.9 Å². The molecule has 1 aromatic carbocycles. The maximum absolute atomic E-state index is 10.6. The van der Waals surface area contributed by atoms with E-state index in [9.17, 15) is 4.79 Å². The summed E-state index contributed by atoms with van der Waals surface area (Å²) in [6, 6.07) is 5.59. The molecule has 0 amide bonds. The lowest BCUT2D eigenvalue weighted by Gasteiger charge is -2.16. The van der Waals surface area contributed by atoms with E-state index in [1.54, 1.807) is 12.3 Å². The summed E-state index contributed by atoms with van der Waals surface area (Å²) < 4.78 is 5.50. The van der Waals surface area contributed by atoms with Crippen LogP contribution >= 0.6 is 0 Å². The fraction of sp³-hybridized carbons (Fsp3) is 0.357. The Kier molecular flexibility index (Phi) is 2.69. The van der Waals surface area contributed by atoms with Crippen LogP contribution in [0, 0.1) is 0 Å². The van der Waals surface area contributed by atoms with Crippen molar-refractivity contribution in [2.24, 2.45) is 0 Å². The Morgan fingerprint density at radius 3 is 2.65 bits per heavy atom. The van der Waals surface area contributed by atoms with E-state index in [1.807, 2.05) is 12.1 Å². The maximum atomic E-state index is 10.6. The molecule has 3 nitrogen and oxygen atoms in total. The molecule has 3 heteroatoms. The molecular weight excluding hydrogens is 216 g/mol. The molecule has 1 heterocycles. The molecule has 0 aliphatic heterocycles. The van der Waals surface area contributed by atoms with Gasteiger partial charge in [0.1, 0.15) is 5.58 Å². The molecule has 0 fully saturated rings. The van der Waals surface area contributed by atoms with Crippen LogP contribution in [0.2, 0.25) is 0 Å². The smallest absolute Gasteiger partial charge is 0.307 e. The zero-order chi connectivity index (χ0) is 12.6. The van der Waals surface area contributed by atoms with E-state index in [0.717, 1.165) is 22.1 Å². The Balaban J connectivity index is 2.48. The number of rotatable bonds is 2. The average molecular weight is 232 g/mol. The number of fused-ring (bicyclic) bond motifs is 1. The van der Waals surface area contributed by atoms with Gasteiger partial charge in [0.2, 0.25) is 0 Å². The zero-order valence-electron chi connectivity index (χ0n) is 10.3. The van der Waals surface area contributed by atoms with Crippen molar-refractivity contribution < 1.29 is 14.3 Å². The minimum Gasteiger partial charge on any atom is -0.481 e. The van der Waals surface area contributed by atoms with E-state index in [-0.39, 0.29) is 11.8 Å². The number of hydrogen-bond donors (Lipinski definition) is 1. The van der Waals surface area contributed by atoms with Crippen molar-refractivity contribution in [2.75, 3.05) is 0 Å². The predicted molar refractivity (Wildman–Crippen MR) is 66.3 cm³/mol. The Morgan fingerprint density at radius 1 is 1.35 bits per heavy atom. The van der Waals surface area contributed by atoms with Gasteiger partial charge < -0.3 is 9.52 Å².